The Labute approximate surface area is 80.3 Å². The van der Waals surface area contributed by atoms with E-state index < -0.39 is 0 Å². The number of dihydropyridines is 1. The Bertz CT molecular complexity index is 238. The van der Waals surface area contributed by atoms with Crippen molar-refractivity contribution in [1.82, 2.24) is 5.32 Å². The zero-order valence-electron chi connectivity index (χ0n) is 8.83. The monoisotopic (exact) mass is 181 g/mol. The van der Waals surface area contributed by atoms with Crippen molar-refractivity contribution in [2.24, 2.45) is 5.92 Å². The van der Waals surface area contributed by atoms with E-state index in [9.17, 15) is 5.11 Å². The number of allylic oxidation sites excluding steroid dienone is 2. The number of rotatable bonds is 2. The predicted octanol–water partition coefficient (Wildman–Crippen LogP) is 1.83. The maximum Gasteiger partial charge on any atom is 0.0957 e. The van der Waals surface area contributed by atoms with Gasteiger partial charge in [0.1, 0.15) is 0 Å². The van der Waals surface area contributed by atoms with Gasteiger partial charge >= 0.3 is 0 Å². The number of hydrogen-bond donors (Lipinski definition) is 2. The van der Waals surface area contributed by atoms with Crippen LogP contribution in [-0.2, 0) is 0 Å². The van der Waals surface area contributed by atoms with Crippen molar-refractivity contribution in [3.05, 3.63) is 23.9 Å². The minimum atomic E-state index is -0.385. The lowest BCUT2D eigenvalue weighted by molar-refractivity contribution is 0.147. The van der Waals surface area contributed by atoms with Crippen molar-refractivity contribution < 1.29 is 5.11 Å². The smallest absolute Gasteiger partial charge is 0.0957 e. The molecule has 1 heterocycles. The molecule has 1 rings (SSSR count). The standard InChI is InChI=1S/C11H19NO/c1-8(2)10(13)9-6-5-7-11(3,4)12-9/h5-8,10,12-13H,1-4H3. The molecule has 0 saturated carbocycles. The van der Waals surface area contributed by atoms with E-state index in [0.717, 1.165) is 5.70 Å². The van der Waals surface area contributed by atoms with Crippen LogP contribution in [0.2, 0.25) is 0 Å². The van der Waals surface area contributed by atoms with Crippen molar-refractivity contribution >= 4 is 0 Å². The van der Waals surface area contributed by atoms with Crippen molar-refractivity contribution in [3.63, 3.8) is 0 Å². The molecule has 0 spiro atoms. The third-order valence-electron chi connectivity index (χ3n) is 2.21. The highest BCUT2D eigenvalue weighted by Crippen LogP contribution is 2.18. The predicted molar refractivity (Wildman–Crippen MR) is 55.3 cm³/mol. The first-order valence-electron chi connectivity index (χ1n) is 4.78. The molecule has 0 aliphatic carbocycles. The molecule has 2 N–H and O–H groups in total. The lowest BCUT2D eigenvalue weighted by Crippen LogP contribution is -2.42. The van der Waals surface area contributed by atoms with Crippen molar-refractivity contribution in [1.29, 1.82) is 0 Å². The van der Waals surface area contributed by atoms with Crippen LogP contribution in [0.5, 0.6) is 0 Å². The first kappa shape index (κ1) is 10.3. The van der Waals surface area contributed by atoms with E-state index in [0.29, 0.717) is 0 Å². The van der Waals surface area contributed by atoms with E-state index in [-0.39, 0.29) is 17.6 Å². The largest absolute Gasteiger partial charge is 0.387 e. The minimum Gasteiger partial charge on any atom is -0.387 e. The van der Waals surface area contributed by atoms with Gasteiger partial charge < -0.3 is 10.4 Å². The highest BCUT2D eigenvalue weighted by molar-refractivity contribution is 5.25. The highest BCUT2D eigenvalue weighted by atomic mass is 16.3. The van der Waals surface area contributed by atoms with Crippen LogP contribution in [0.3, 0.4) is 0 Å². The van der Waals surface area contributed by atoms with Crippen LogP contribution in [0.25, 0.3) is 0 Å². The maximum absolute atomic E-state index is 9.82. The topological polar surface area (TPSA) is 32.3 Å². The van der Waals surface area contributed by atoms with Crippen LogP contribution in [0.15, 0.2) is 23.9 Å². The molecule has 74 valence electrons. The Hall–Kier alpha value is -0.760. The Kier molecular flexibility index (Phi) is 2.81. The molecule has 2 heteroatoms. The molecular formula is C11H19NO. The summed E-state index contributed by atoms with van der Waals surface area (Å²) in [5.74, 6) is 0.251. The van der Waals surface area contributed by atoms with E-state index in [1.165, 1.54) is 0 Å². The molecule has 0 aromatic rings. The Balaban J connectivity index is 2.73. The normalized spacial score (nSPS) is 22.5. The van der Waals surface area contributed by atoms with Crippen LogP contribution in [0.1, 0.15) is 27.7 Å². The first-order chi connectivity index (χ1) is 5.92. The van der Waals surface area contributed by atoms with Gasteiger partial charge in [-0.3, -0.25) is 0 Å². The summed E-state index contributed by atoms with van der Waals surface area (Å²) in [6.07, 6.45) is 5.64. The summed E-state index contributed by atoms with van der Waals surface area (Å²) in [5, 5.41) is 13.1. The van der Waals surface area contributed by atoms with E-state index in [1.54, 1.807) is 0 Å². The van der Waals surface area contributed by atoms with Gasteiger partial charge in [0.15, 0.2) is 0 Å². The van der Waals surface area contributed by atoms with Crippen LogP contribution in [0.4, 0.5) is 0 Å². The molecule has 0 amide bonds. The van der Waals surface area contributed by atoms with Gasteiger partial charge in [0.05, 0.1) is 11.6 Å². The minimum absolute atomic E-state index is 0.0417. The molecule has 1 aliphatic rings. The van der Waals surface area contributed by atoms with Gasteiger partial charge in [-0.1, -0.05) is 26.0 Å². The zero-order chi connectivity index (χ0) is 10.1. The van der Waals surface area contributed by atoms with Crippen molar-refractivity contribution in [2.75, 3.05) is 0 Å². The summed E-state index contributed by atoms with van der Waals surface area (Å²) in [6, 6.07) is 0. The first-order valence-corrected chi connectivity index (χ1v) is 4.78. The third kappa shape index (κ3) is 2.59. The van der Waals surface area contributed by atoms with Crippen LogP contribution in [-0.4, -0.2) is 16.7 Å². The SMILES string of the molecule is CC(C)C(O)C1=CC=CC(C)(C)N1. The van der Waals surface area contributed by atoms with Crippen LogP contribution >= 0.6 is 0 Å². The van der Waals surface area contributed by atoms with E-state index >= 15 is 0 Å². The molecular weight excluding hydrogens is 162 g/mol. The zero-order valence-corrected chi connectivity index (χ0v) is 8.83. The lowest BCUT2D eigenvalue weighted by Gasteiger charge is -2.31. The summed E-state index contributed by atoms with van der Waals surface area (Å²) in [4.78, 5) is 0. The van der Waals surface area contributed by atoms with Gasteiger partial charge in [-0.2, -0.15) is 0 Å². The van der Waals surface area contributed by atoms with E-state index in [4.69, 9.17) is 0 Å². The second-order valence-corrected chi connectivity index (χ2v) is 4.52. The summed E-state index contributed by atoms with van der Waals surface area (Å²) < 4.78 is 0. The van der Waals surface area contributed by atoms with Crippen LogP contribution < -0.4 is 5.32 Å². The number of aliphatic hydroxyl groups excluding tert-OH is 1. The summed E-state index contributed by atoms with van der Waals surface area (Å²) >= 11 is 0. The fourth-order valence-corrected chi connectivity index (χ4v) is 1.38. The van der Waals surface area contributed by atoms with Gasteiger partial charge in [0.25, 0.3) is 0 Å². The molecule has 1 unspecified atom stereocenters. The Morgan fingerprint density at radius 2 is 2.00 bits per heavy atom. The molecule has 0 saturated heterocycles. The van der Waals surface area contributed by atoms with Gasteiger partial charge in [-0.15, -0.1) is 0 Å². The number of nitrogens with one attached hydrogen (secondary N) is 1. The summed E-state index contributed by atoms with van der Waals surface area (Å²) in [6.45, 7) is 8.20. The average molecular weight is 181 g/mol. The van der Waals surface area contributed by atoms with Crippen LogP contribution in [0, 0.1) is 5.92 Å². The number of hydrogen-bond acceptors (Lipinski definition) is 2. The van der Waals surface area contributed by atoms with Gasteiger partial charge in [0, 0.05) is 5.70 Å². The lowest BCUT2D eigenvalue weighted by atomic mass is 9.96. The summed E-state index contributed by atoms with van der Waals surface area (Å²) in [7, 11) is 0. The van der Waals surface area contributed by atoms with E-state index in [1.807, 2.05) is 26.0 Å². The molecule has 0 bridgehead atoms. The second-order valence-electron chi connectivity index (χ2n) is 4.52. The van der Waals surface area contributed by atoms with Gasteiger partial charge in [-0.25, -0.2) is 0 Å². The molecule has 1 aliphatic heterocycles. The molecule has 0 aromatic carbocycles. The van der Waals surface area contributed by atoms with Crippen molar-refractivity contribution in [3.8, 4) is 0 Å². The molecule has 1 atom stereocenters. The quantitative estimate of drug-likeness (QED) is 0.681. The summed E-state index contributed by atoms with van der Waals surface area (Å²) in [5.41, 5.74) is 0.877. The Morgan fingerprint density at radius 1 is 1.38 bits per heavy atom. The van der Waals surface area contributed by atoms with Gasteiger partial charge in [-0.05, 0) is 25.8 Å². The van der Waals surface area contributed by atoms with E-state index in [2.05, 4.69) is 25.2 Å². The molecule has 0 aromatic heterocycles. The molecule has 0 fully saturated rings. The maximum atomic E-state index is 9.82. The average Bonchev–Trinajstić information content (AvgIpc) is 2.01. The Morgan fingerprint density at radius 3 is 2.46 bits per heavy atom. The fourth-order valence-electron chi connectivity index (χ4n) is 1.38. The van der Waals surface area contributed by atoms with Crippen molar-refractivity contribution in [2.45, 2.75) is 39.3 Å². The number of aliphatic hydroxyl groups is 1. The fraction of sp³-hybridized carbons (Fsp3) is 0.636. The second kappa shape index (κ2) is 3.54. The molecule has 2 nitrogen and oxygen atoms in total. The highest BCUT2D eigenvalue weighted by Gasteiger charge is 2.22. The van der Waals surface area contributed by atoms with Gasteiger partial charge in [0.2, 0.25) is 0 Å². The third-order valence-corrected chi connectivity index (χ3v) is 2.21. The molecule has 13 heavy (non-hydrogen) atoms. The molecule has 0 radical (unpaired) electrons.